The average Bonchev–Trinajstić information content (AvgIpc) is 2.28. The average molecular weight is 215 g/mol. The number of imide groups is 1. The molecular weight excluding hydrogens is 206 g/mol. The van der Waals surface area contributed by atoms with Crippen molar-refractivity contribution in [3.05, 3.63) is 11.0 Å². The van der Waals surface area contributed by atoms with E-state index in [4.69, 9.17) is 4.74 Å². The Kier molecular flexibility index (Phi) is 3.29. The molecule has 0 aliphatic carbocycles. The van der Waals surface area contributed by atoms with E-state index < -0.39 is 17.1 Å². The molecule has 1 heterocycles. The molecule has 0 saturated carbocycles. The summed E-state index contributed by atoms with van der Waals surface area (Å²) >= 11 is 0.690. The Morgan fingerprint density at radius 3 is 2.57 bits per heavy atom. The van der Waals surface area contributed by atoms with E-state index in [0.29, 0.717) is 11.8 Å². The molecule has 0 bridgehead atoms. The lowest BCUT2D eigenvalue weighted by molar-refractivity contribution is -0.141. The molecule has 14 heavy (non-hydrogen) atoms. The number of hydrogen-bond donors (Lipinski definition) is 1. The highest BCUT2D eigenvalue weighted by Crippen LogP contribution is 2.22. The maximum absolute atomic E-state index is 11.1. The first-order chi connectivity index (χ1) is 6.49. The van der Waals surface area contributed by atoms with E-state index >= 15 is 0 Å². The smallest absolute Gasteiger partial charge is 0.332 e. The van der Waals surface area contributed by atoms with Crippen molar-refractivity contribution in [1.29, 1.82) is 0 Å². The van der Waals surface area contributed by atoms with E-state index in [0.717, 1.165) is 6.08 Å². The molecule has 1 aliphatic heterocycles. The van der Waals surface area contributed by atoms with E-state index in [1.165, 1.54) is 0 Å². The third kappa shape index (κ3) is 2.88. The zero-order chi connectivity index (χ0) is 10.7. The molecule has 1 rings (SSSR count). The predicted molar refractivity (Wildman–Crippen MR) is 50.4 cm³/mol. The van der Waals surface area contributed by atoms with Crippen molar-refractivity contribution < 1.29 is 19.1 Å². The van der Waals surface area contributed by atoms with Gasteiger partial charge in [-0.1, -0.05) is 0 Å². The Morgan fingerprint density at radius 2 is 2.14 bits per heavy atom. The van der Waals surface area contributed by atoms with Gasteiger partial charge in [0, 0.05) is 6.08 Å². The summed E-state index contributed by atoms with van der Waals surface area (Å²) in [5, 5.41) is 1.56. The zero-order valence-electron chi connectivity index (χ0n) is 7.70. The lowest BCUT2D eigenvalue weighted by Gasteiger charge is -2.03. The second kappa shape index (κ2) is 4.28. The van der Waals surface area contributed by atoms with Gasteiger partial charge in [0.1, 0.15) is 0 Å². The predicted octanol–water partition coefficient (Wildman–Crippen LogP) is 0.805. The Bertz CT molecular complexity index is 321. The fraction of sp³-hybridized carbons (Fsp3) is 0.375. The summed E-state index contributed by atoms with van der Waals surface area (Å²) in [6, 6.07) is 0. The van der Waals surface area contributed by atoms with E-state index in [1.54, 1.807) is 13.8 Å². The molecule has 1 saturated heterocycles. The van der Waals surface area contributed by atoms with E-state index in [9.17, 15) is 14.4 Å². The second-order valence-corrected chi connectivity index (χ2v) is 3.85. The fourth-order valence-corrected chi connectivity index (χ4v) is 1.44. The minimum absolute atomic E-state index is 0.0700. The van der Waals surface area contributed by atoms with Crippen LogP contribution in [0.5, 0.6) is 0 Å². The van der Waals surface area contributed by atoms with Crippen LogP contribution in [0.1, 0.15) is 13.8 Å². The number of nitrogens with one attached hydrogen (secondary N) is 1. The van der Waals surface area contributed by atoms with Crippen LogP contribution in [0, 0.1) is 0 Å². The Hall–Kier alpha value is -1.30. The molecule has 6 heteroatoms. The summed E-state index contributed by atoms with van der Waals surface area (Å²) < 4.78 is 4.78. The third-order valence-electron chi connectivity index (χ3n) is 1.24. The number of ether oxygens (including phenoxy) is 1. The van der Waals surface area contributed by atoms with E-state index in [2.05, 4.69) is 0 Å². The molecule has 0 aromatic heterocycles. The van der Waals surface area contributed by atoms with Crippen molar-refractivity contribution in [3.63, 3.8) is 0 Å². The molecule has 1 aliphatic rings. The number of carbonyl (C=O) groups excluding carboxylic acids is 3. The van der Waals surface area contributed by atoms with Gasteiger partial charge >= 0.3 is 5.97 Å². The third-order valence-corrected chi connectivity index (χ3v) is 2.05. The topological polar surface area (TPSA) is 72.5 Å². The summed E-state index contributed by atoms with van der Waals surface area (Å²) in [6.07, 6.45) is 0.773. The van der Waals surface area contributed by atoms with Crippen LogP contribution in [0.4, 0.5) is 4.79 Å². The lowest BCUT2D eigenvalue weighted by atomic mass is 10.4. The standard InChI is InChI=1S/C8H9NO4S/c1-4(2)13-6(10)3-5-7(11)9-8(12)14-5/h3-4H,1-2H3,(H,9,11,12)/b5-3-. The molecule has 1 N–H and O–H groups in total. The van der Waals surface area contributed by atoms with Gasteiger partial charge in [0.2, 0.25) is 0 Å². The minimum atomic E-state index is -0.618. The molecule has 0 aromatic rings. The number of esters is 1. The fourth-order valence-electron chi connectivity index (χ4n) is 0.794. The largest absolute Gasteiger partial charge is 0.460 e. The summed E-state index contributed by atoms with van der Waals surface area (Å²) in [6.45, 7) is 3.40. The van der Waals surface area contributed by atoms with Gasteiger partial charge in [0.05, 0.1) is 11.0 Å². The SMILES string of the molecule is CC(C)OC(=O)/C=C1\SC(=O)NC1=O. The monoisotopic (exact) mass is 215 g/mol. The zero-order valence-corrected chi connectivity index (χ0v) is 8.51. The number of carbonyl (C=O) groups is 3. The highest BCUT2D eigenvalue weighted by atomic mass is 32.2. The van der Waals surface area contributed by atoms with E-state index in [1.807, 2.05) is 5.32 Å². The van der Waals surface area contributed by atoms with Crippen LogP contribution in [0.2, 0.25) is 0 Å². The lowest BCUT2D eigenvalue weighted by Crippen LogP contribution is -2.18. The first-order valence-corrected chi connectivity index (χ1v) is 4.76. The Morgan fingerprint density at radius 1 is 1.50 bits per heavy atom. The number of amides is 2. The maximum atomic E-state index is 11.1. The van der Waals surface area contributed by atoms with Crippen molar-refractivity contribution in [2.45, 2.75) is 20.0 Å². The van der Waals surface area contributed by atoms with Crippen LogP contribution in [0.15, 0.2) is 11.0 Å². The number of hydrogen-bond acceptors (Lipinski definition) is 5. The van der Waals surface area contributed by atoms with Gasteiger partial charge in [-0.2, -0.15) is 0 Å². The molecule has 0 spiro atoms. The molecule has 76 valence electrons. The van der Waals surface area contributed by atoms with Crippen molar-refractivity contribution >= 4 is 28.9 Å². The van der Waals surface area contributed by atoms with Crippen LogP contribution in [0.25, 0.3) is 0 Å². The van der Waals surface area contributed by atoms with Crippen molar-refractivity contribution in [3.8, 4) is 0 Å². The van der Waals surface area contributed by atoms with E-state index in [-0.39, 0.29) is 11.0 Å². The highest BCUT2D eigenvalue weighted by Gasteiger charge is 2.26. The molecule has 2 amide bonds. The molecule has 0 unspecified atom stereocenters. The molecule has 0 aromatic carbocycles. The first-order valence-electron chi connectivity index (χ1n) is 3.94. The molecule has 1 fully saturated rings. The van der Waals surface area contributed by atoms with Crippen molar-refractivity contribution in [2.75, 3.05) is 0 Å². The van der Waals surface area contributed by atoms with Crippen molar-refractivity contribution in [2.24, 2.45) is 0 Å². The van der Waals surface area contributed by atoms with Crippen molar-refractivity contribution in [1.82, 2.24) is 5.32 Å². The summed E-state index contributed by atoms with van der Waals surface area (Å²) in [4.78, 5) is 32.8. The van der Waals surface area contributed by atoms with Gasteiger partial charge in [0.25, 0.3) is 11.1 Å². The summed E-state index contributed by atoms with van der Waals surface area (Å²) in [5.74, 6) is -1.17. The van der Waals surface area contributed by atoms with Gasteiger partial charge in [-0.05, 0) is 25.6 Å². The molecule has 0 atom stereocenters. The first kappa shape index (κ1) is 10.8. The van der Waals surface area contributed by atoms with Gasteiger partial charge in [-0.3, -0.25) is 14.9 Å². The van der Waals surface area contributed by atoms with Crippen LogP contribution in [0.3, 0.4) is 0 Å². The quantitative estimate of drug-likeness (QED) is 0.545. The number of thioether (sulfide) groups is 1. The van der Waals surface area contributed by atoms with Crippen LogP contribution in [-0.2, 0) is 14.3 Å². The Labute approximate surface area is 84.9 Å². The minimum Gasteiger partial charge on any atom is -0.460 e. The van der Waals surface area contributed by atoms with Gasteiger partial charge in [-0.25, -0.2) is 4.79 Å². The maximum Gasteiger partial charge on any atom is 0.332 e. The second-order valence-electron chi connectivity index (χ2n) is 2.84. The number of rotatable bonds is 2. The van der Waals surface area contributed by atoms with Gasteiger partial charge < -0.3 is 4.74 Å². The molecule has 5 nitrogen and oxygen atoms in total. The summed E-state index contributed by atoms with van der Waals surface area (Å²) in [5.41, 5.74) is 0. The van der Waals surface area contributed by atoms with Crippen LogP contribution in [-0.4, -0.2) is 23.2 Å². The highest BCUT2D eigenvalue weighted by molar-refractivity contribution is 8.18. The van der Waals surface area contributed by atoms with Crippen LogP contribution < -0.4 is 5.32 Å². The molecular formula is C8H9NO4S. The Balaban J connectivity index is 2.64. The van der Waals surface area contributed by atoms with Gasteiger partial charge in [0.15, 0.2) is 0 Å². The summed E-state index contributed by atoms with van der Waals surface area (Å²) in [7, 11) is 0. The van der Waals surface area contributed by atoms with Gasteiger partial charge in [-0.15, -0.1) is 0 Å². The van der Waals surface area contributed by atoms with Crippen LogP contribution >= 0.6 is 11.8 Å². The molecule has 0 radical (unpaired) electrons. The normalized spacial score (nSPS) is 18.9.